The largest absolute Gasteiger partial charge is 0.481 e. The lowest BCUT2D eigenvalue weighted by atomic mass is 9.95. The molecular weight excluding hydrogens is 268 g/mol. The summed E-state index contributed by atoms with van der Waals surface area (Å²) in [6.45, 7) is 2.50. The highest BCUT2D eigenvalue weighted by atomic mass is 16.4. The maximum absolute atomic E-state index is 11.6. The number of carboxylic acid groups (broad SMARTS) is 1. The van der Waals surface area contributed by atoms with Crippen molar-refractivity contribution in [1.82, 2.24) is 10.2 Å². The summed E-state index contributed by atoms with van der Waals surface area (Å²) < 4.78 is 0. The average Bonchev–Trinajstić information content (AvgIpc) is 2.49. The molecule has 1 amide bonds. The van der Waals surface area contributed by atoms with Gasteiger partial charge in [0.25, 0.3) is 0 Å². The lowest BCUT2D eigenvalue weighted by molar-refractivity contribution is -0.136. The fourth-order valence-electron chi connectivity index (χ4n) is 2.85. The van der Waals surface area contributed by atoms with Gasteiger partial charge in [-0.05, 0) is 37.1 Å². The van der Waals surface area contributed by atoms with Crippen molar-refractivity contribution in [1.29, 1.82) is 0 Å². The van der Waals surface area contributed by atoms with Crippen LogP contribution in [0.4, 0.5) is 0 Å². The Bertz CT molecular complexity index is 508. The minimum absolute atomic E-state index is 0.0604. The first-order valence-electron chi connectivity index (χ1n) is 7.32. The van der Waals surface area contributed by atoms with E-state index in [2.05, 4.69) is 10.2 Å². The van der Waals surface area contributed by atoms with E-state index in [9.17, 15) is 9.59 Å². The summed E-state index contributed by atoms with van der Waals surface area (Å²) in [5.41, 5.74) is 1.94. The molecular formula is C16H22N2O3. The minimum atomic E-state index is -0.805. The van der Waals surface area contributed by atoms with Crippen LogP contribution in [0.25, 0.3) is 0 Å². The summed E-state index contributed by atoms with van der Waals surface area (Å²) in [4.78, 5) is 24.8. The van der Waals surface area contributed by atoms with Crippen LogP contribution >= 0.6 is 0 Å². The zero-order chi connectivity index (χ0) is 15.2. The molecule has 1 aromatic rings. The summed E-state index contributed by atoms with van der Waals surface area (Å²) in [7, 11) is 1.68. The van der Waals surface area contributed by atoms with Crippen LogP contribution in [0.2, 0.25) is 0 Å². The van der Waals surface area contributed by atoms with Gasteiger partial charge in [-0.15, -0.1) is 0 Å². The van der Waals surface area contributed by atoms with Crippen LogP contribution < -0.4 is 5.32 Å². The first-order valence-corrected chi connectivity index (χ1v) is 7.32. The predicted octanol–water partition coefficient (Wildman–Crippen LogP) is 1.27. The molecule has 5 nitrogen and oxygen atoms in total. The number of carboxylic acids is 1. The molecule has 2 rings (SSSR count). The van der Waals surface area contributed by atoms with Gasteiger partial charge in [-0.3, -0.25) is 14.5 Å². The van der Waals surface area contributed by atoms with Crippen LogP contribution in [0, 0.1) is 5.92 Å². The average molecular weight is 290 g/mol. The maximum atomic E-state index is 11.6. The molecule has 0 aliphatic carbocycles. The highest BCUT2D eigenvalue weighted by molar-refractivity contribution is 5.78. The van der Waals surface area contributed by atoms with Gasteiger partial charge in [-0.2, -0.15) is 0 Å². The Morgan fingerprint density at radius 3 is 2.43 bits per heavy atom. The van der Waals surface area contributed by atoms with E-state index in [0.717, 1.165) is 43.6 Å². The maximum Gasteiger partial charge on any atom is 0.307 e. The van der Waals surface area contributed by atoms with Gasteiger partial charge in [0.05, 0.1) is 6.42 Å². The van der Waals surface area contributed by atoms with Crippen LogP contribution in [0.3, 0.4) is 0 Å². The Morgan fingerprint density at radius 2 is 1.86 bits per heavy atom. The van der Waals surface area contributed by atoms with Crippen molar-refractivity contribution in [2.75, 3.05) is 20.1 Å². The highest BCUT2D eigenvalue weighted by Gasteiger charge is 2.24. The molecule has 1 fully saturated rings. The second-order valence-electron chi connectivity index (χ2n) is 5.50. The second kappa shape index (κ2) is 7.22. The van der Waals surface area contributed by atoms with E-state index < -0.39 is 5.97 Å². The van der Waals surface area contributed by atoms with Gasteiger partial charge in [-0.1, -0.05) is 24.3 Å². The first-order chi connectivity index (χ1) is 10.1. The molecule has 0 saturated carbocycles. The van der Waals surface area contributed by atoms with E-state index in [4.69, 9.17) is 5.11 Å². The summed E-state index contributed by atoms with van der Waals surface area (Å²) in [5.74, 6) is -0.567. The fraction of sp³-hybridized carbons (Fsp3) is 0.500. The number of carbonyl (C=O) groups is 2. The molecule has 1 aliphatic rings. The van der Waals surface area contributed by atoms with Crippen LogP contribution in [0.15, 0.2) is 24.3 Å². The Morgan fingerprint density at radius 1 is 1.24 bits per heavy atom. The molecule has 5 heteroatoms. The van der Waals surface area contributed by atoms with Gasteiger partial charge in [0.1, 0.15) is 0 Å². The summed E-state index contributed by atoms with van der Waals surface area (Å²) >= 11 is 0. The van der Waals surface area contributed by atoms with Crippen molar-refractivity contribution in [3.8, 4) is 0 Å². The molecule has 1 heterocycles. The molecule has 0 atom stereocenters. The van der Waals surface area contributed by atoms with Crippen molar-refractivity contribution >= 4 is 11.9 Å². The van der Waals surface area contributed by atoms with Gasteiger partial charge in [0.15, 0.2) is 0 Å². The number of nitrogens with zero attached hydrogens (tertiary/aromatic N) is 1. The number of rotatable bonds is 5. The third-order valence-electron chi connectivity index (χ3n) is 4.06. The third kappa shape index (κ3) is 4.29. The number of nitrogens with one attached hydrogen (secondary N) is 1. The van der Waals surface area contributed by atoms with Crippen LogP contribution in [0.1, 0.15) is 24.0 Å². The van der Waals surface area contributed by atoms with Crippen molar-refractivity contribution in [3.05, 3.63) is 35.4 Å². The Hall–Kier alpha value is -1.88. The molecule has 1 aliphatic heterocycles. The molecule has 21 heavy (non-hydrogen) atoms. The van der Waals surface area contributed by atoms with Crippen molar-refractivity contribution in [2.24, 2.45) is 5.92 Å². The lowest BCUT2D eigenvalue weighted by Crippen LogP contribution is -2.39. The van der Waals surface area contributed by atoms with Crippen LogP contribution in [-0.2, 0) is 22.6 Å². The number of hydrogen-bond donors (Lipinski definition) is 2. The van der Waals surface area contributed by atoms with E-state index >= 15 is 0 Å². The normalized spacial score (nSPS) is 16.6. The van der Waals surface area contributed by atoms with Crippen LogP contribution in [-0.4, -0.2) is 42.0 Å². The third-order valence-corrected chi connectivity index (χ3v) is 4.06. The van der Waals surface area contributed by atoms with E-state index in [-0.39, 0.29) is 18.2 Å². The van der Waals surface area contributed by atoms with Crippen LogP contribution in [0.5, 0.6) is 0 Å². The van der Waals surface area contributed by atoms with E-state index in [1.165, 1.54) is 0 Å². The Labute approximate surface area is 125 Å². The van der Waals surface area contributed by atoms with E-state index in [0.29, 0.717) is 0 Å². The summed E-state index contributed by atoms with van der Waals surface area (Å²) in [6, 6.07) is 7.68. The number of carbonyl (C=O) groups excluding carboxylic acids is 1. The summed E-state index contributed by atoms with van der Waals surface area (Å²) in [5, 5.41) is 11.7. The monoisotopic (exact) mass is 290 g/mol. The fourth-order valence-corrected chi connectivity index (χ4v) is 2.85. The molecule has 0 spiro atoms. The topological polar surface area (TPSA) is 69.6 Å². The smallest absolute Gasteiger partial charge is 0.307 e. The quantitative estimate of drug-likeness (QED) is 0.857. The van der Waals surface area contributed by atoms with Crippen molar-refractivity contribution in [2.45, 2.75) is 25.8 Å². The predicted molar refractivity (Wildman–Crippen MR) is 79.8 cm³/mol. The number of aliphatic carboxylic acids is 1. The molecule has 2 N–H and O–H groups in total. The van der Waals surface area contributed by atoms with E-state index in [1.807, 2.05) is 24.3 Å². The highest BCUT2D eigenvalue weighted by Crippen LogP contribution is 2.20. The molecule has 1 aromatic carbocycles. The molecule has 0 radical (unpaired) electrons. The number of benzene rings is 1. The summed E-state index contributed by atoms with van der Waals surface area (Å²) in [6.07, 6.45) is 1.78. The van der Waals surface area contributed by atoms with E-state index in [1.54, 1.807) is 7.05 Å². The lowest BCUT2D eigenvalue weighted by Gasteiger charge is -2.31. The molecule has 0 bridgehead atoms. The first kappa shape index (κ1) is 15.5. The van der Waals surface area contributed by atoms with Crippen molar-refractivity contribution < 1.29 is 14.7 Å². The molecule has 1 saturated heterocycles. The molecule has 0 unspecified atom stereocenters. The number of amides is 1. The van der Waals surface area contributed by atoms with Crippen molar-refractivity contribution in [3.63, 3.8) is 0 Å². The number of likely N-dealkylation sites (tertiary alicyclic amines) is 1. The SMILES string of the molecule is CNC(=O)C1CCN(Cc2ccccc2CC(=O)O)CC1. The molecule has 0 aromatic heterocycles. The van der Waals surface area contributed by atoms with Gasteiger partial charge >= 0.3 is 5.97 Å². The minimum Gasteiger partial charge on any atom is -0.481 e. The second-order valence-corrected chi connectivity index (χ2v) is 5.50. The van der Waals surface area contributed by atoms with Gasteiger partial charge < -0.3 is 10.4 Å². The number of piperidine rings is 1. The Kier molecular flexibility index (Phi) is 5.33. The number of hydrogen-bond acceptors (Lipinski definition) is 3. The van der Waals surface area contributed by atoms with Gasteiger partial charge in [0.2, 0.25) is 5.91 Å². The molecule has 114 valence electrons. The zero-order valence-corrected chi connectivity index (χ0v) is 12.3. The standard InChI is InChI=1S/C16H22N2O3/c1-17-16(21)12-6-8-18(9-7-12)11-14-5-3-2-4-13(14)10-15(19)20/h2-5,12H,6-11H2,1H3,(H,17,21)(H,19,20). The Balaban J connectivity index is 1.94. The van der Waals surface area contributed by atoms with Gasteiger partial charge in [-0.25, -0.2) is 0 Å². The van der Waals surface area contributed by atoms with Gasteiger partial charge in [0, 0.05) is 19.5 Å². The zero-order valence-electron chi connectivity index (χ0n) is 12.3.